The van der Waals surface area contributed by atoms with Crippen LogP contribution in [0.3, 0.4) is 0 Å². The molecule has 0 radical (unpaired) electrons. The van der Waals surface area contributed by atoms with E-state index >= 15 is 0 Å². The van der Waals surface area contributed by atoms with Gasteiger partial charge in [-0.25, -0.2) is 0 Å². The molecule has 0 saturated carbocycles. The quantitative estimate of drug-likeness (QED) is 0.542. The van der Waals surface area contributed by atoms with Crippen molar-refractivity contribution in [2.45, 2.75) is 19.3 Å². The van der Waals surface area contributed by atoms with Crippen molar-refractivity contribution in [1.82, 2.24) is 0 Å². The standard InChI is InChI=1S/C5H10S4/c1-2-4-6-8-9-7-5-3-1/h1-5H2. The molecule has 1 saturated heterocycles. The van der Waals surface area contributed by atoms with E-state index in [1.54, 1.807) is 0 Å². The molecule has 0 atom stereocenters. The van der Waals surface area contributed by atoms with E-state index < -0.39 is 0 Å². The molecule has 0 aromatic carbocycles. The molecule has 0 N–H and O–H groups in total. The van der Waals surface area contributed by atoms with Crippen LogP contribution in [-0.4, -0.2) is 11.5 Å². The van der Waals surface area contributed by atoms with Gasteiger partial charge in [0.25, 0.3) is 0 Å². The van der Waals surface area contributed by atoms with E-state index in [1.807, 2.05) is 41.2 Å². The normalized spacial score (nSPS) is 24.0. The van der Waals surface area contributed by atoms with Crippen LogP contribution in [0, 0.1) is 0 Å². The molecule has 0 spiro atoms. The third-order valence-corrected chi connectivity index (χ3v) is 7.71. The Labute approximate surface area is 71.9 Å². The molecule has 1 fully saturated rings. The first-order valence-corrected chi connectivity index (χ1v) is 8.23. The van der Waals surface area contributed by atoms with E-state index in [9.17, 15) is 0 Å². The lowest BCUT2D eigenvalue weighted by atomic mass is 10.3. The zero-order valence-corrected chi connectivity index (χ0v) is 8.43. The second kappa shape index (κ2) is 6.13. The first-order chi connectivity index (χ1) is 4.50. The van der Waals surface area contributed by atoms with Crippen LogP contribution in [0.2, 0.25) is 0 Å². The molecule has 0 nitrogen and oxygen atoms in total. The summed E-state index contributed by atoms with van der Waals surface area (Å²) in [7, 11) is 7.88. The monoisotopic (exact) mass is 198 g/mol. The lowest BCUT2D eigenvalue weighted by Gasteiger charge is -1.92. The van der Waals surface area contributed by atoms with Gasteiger partial charge in [-0.05, 0) is 32.5 Å². The van der Waals surface area contributed by atoms with E-state index in [-0.39, 0.29) is 0 Å². The summed E-state index contributed by atoms with van der Waals surface area (Å²) in [6.07, 6.45) is 4.26. The highest BCUT2D eigenvalue weighted by molar-refractivity contribution is 9.26. The van der Waals surface area contributed by atoms with Crippen molar-refractivity contribution in [2.24, 2.45) is 0 Å². The van der Waals surface area contributed by atoms with Gasteiger partial charge in [0, 0.05) is 11.5 Å². The maximum Gasteiger partial charge on any atom is 0.00454 e. The second-order valence-electron chi connectivity index (χ2n) is 1.84. The van der Waals surface area contributed by atoms with Crippen molar-refractivity contribution < 1.29 is 0 Å². The highest BCUT2D eigenvalue weighted by Gasteiger charge is 1.97. The summed E-state index contributed by atoms with van der Waals surface area (Å²) < 4.78 is 0. The van der Waals surface area contributed by atoms with Gasteiger partial charge in [-0.2, -0.15) is 0 Å². The zero-order valence-electron chi connectivity index (χ0n) is 5.17. The molecular weight excluding hydrogens is 188 g/mol. The van der Waals surface area contributed by atoms with E-state index in [1.165, 1.54) is 30.8 Å². The molecule has 0 aromatic rings. The summed E-state index contributed by atoms with van der Waals surface area (Å²) in [5, 5.41) is 0. The fourth-order valence-corrected chi connectivity index (χ4v) is 6.87. The molecule has 54 valence electrons. The van der Waals surface area contributed by atoms with Gasteiger partial charge in [0.15, 0.2) is 0 Å². The Morgan fingerprint density at radius 3 is 1.78 bits per heavy atom. The molecule has 1 rings (SSSR count). The lowest BCUT2D eigenvalue weighted by Crippen LogP contribution is -1.79. The Morgan fingerprint density at radius 2 is 1.22 bits per heavy atom. The SMILES string of the molecule is C1CCSSSSCC1. The maximum absolute atomic E-state index is 2.00. The summed E-state index contributed by atoms with van der Waals surface area (Å²) in [5.74, 6) is 2.69. The van der Waals surface area contributed by atoms with Gasteiger partial charge in [0.2, 0.25) is 0 Å². The topological polar surface area (TPSA) is 0 Å². The molecule has 1 heterocycles. The van der Waals surface area contributed by atoms with Crippen LogP contribution in [0.5, 0.6) is 0 Å². The fraction of sp³-hybridized carbons (Fsp3) is 1.00. The average molecular weight is 198 g/mol. The van der Waals surface area contributed by atoms with Crippen LogP contribution < -0.4 is 0 Å². The van der Waals surface area contributed by atoms with Gasteiger partial charge in [0.1, 0.15) is 0 Å². The minimum atomic E-state index is 1.35. The molecule has 1 aliphatic rings. The molecule has 1 aliphatic heterocycles. The fourth-order valence-electron chi connectivity index (χ4n) is 0.606. The second-order valence-corrected chi connectivity index (χ2v) is 8.08. The molecular formula is C5H10S4. The Morgan fingerprint density at radius 1 is 0.667 bits per heavy atom. The molecule has 0 bridgehead atoms. The Balaban J connectivity index is 2.02. The summed E-state index contributed by atoms with van der Waals surface area (Å²) in [6, 6.07) is 0. The van der Waals surface area contributed by atoms with Gasteiger partial charge < -0.3 is 0 Å². The van der Waals surface area contributed by atoms with Crippen molar-refractivity contribution in [3.63, 3.8) is 0 Å². The van der Waals surface area contributed by atoms with Crippen molar-refractivity contribution >= 4 is 41.2 Å². The van der Waals surface area contributed by atoms with Gasteiger partial charge >= 0.3 is 0 Å². The summed E-state index contributed by atoms with van der Waals surface area (Å²) in [4.78, 5) is 0. The zero-order chi connectivity index (χ0) is 6.36. The maximum atomic E-state index is 2.00. The van der Waals surface area contributed by atoms with E-state index in [4.69, 9.17) is 0 Å². The van der Waals surface area contributed by atoms with Crippen LogP contribution in [0.4, 0.5) is 0 Å². The number of hydrogen-bond acceptors (Lipinski definition) is 4. The molecule has 0 aliphatic carbocycles. The molecule has 0 amide bonds. The van der Waals surface area contributed by atoms with Crippen molar-refractivity contribution in [3.05, 3.63) is 0 Å². The first kappa shape index (κ1) is 8.50. The Bertz CT molecular complexity index is 37.4. The predicted molar refractivity (Wildman–Crippen MR) is 53.9 cm³/mol. The smallest absolute Gasteiger partial charge is 0.00454 e. The van der Waals surface area contributed by atoms with Crippen molar-refractivity contribution in [2.75, 3.05) is 11.5 Å². The van der Waals surface area contributed by atoms with E-state index in [0.29, 0.717) is 0 Å². The minimum Gasteiger partial charge on any atom is -0.0817 e. The summed E-state index contributed by atoms with van der Waals surface area (Å²) >= 11 is 0. The van der Waals surface area contributed by atoms with E-state index in [2.05, 4.69) is 0 Å². The van der Waals surface area contributed by atoms with Gasteiger partial charge in [-0.3, -0.25) is 0 Å². The number of rotatable bonds is 0. The molecule has 0 aromatic heterocycles. The largest absolute Gasteiger partial charge is 0.0817 e. The van der Waals surface area contributed by atoms with Crippen LogP contribution in [0.25, 0.3) is 0 Å². The Kier molecular flexibility index (Phi) is 5.79. The summed E-state index contributed by atoms with van der Waals surface area (Å²) in [6.45, 7) is 0. The van der Waals surface area contributed by atoms with E-state index in [0.717, 1.165) is 0 Å². The molecule has 9 heavy (non-hydrogen) atoms. The predicted octanol–water partition coefficient (Wildman–Crippen LogP) is 3.85. The third kappa shape index (κ3) is 4.76. The van der Waals surface area contributed by atoms with Crippen molar-refractivity contribution in [3.8, 4) is 0 Å². The number of hydrogen-bond donors (Lipinski definition) is 0. The molecule has 0 unspecified atom stereocenters. The third-order valence-electron chi connectivity index (χ3n) is 1.08. The van der Waals surface area contributed by atoms with Crippen LogP contribution in [0.15, 0.2) is 0 Å². The highest BCUT2D eigenvalue weighted by Crippen LogP contribution is 2.44. The van der Waals surface area contributed by atoms with Crippen LogP contribution in [0.1, 0.15) is 19.3 Å². The lowest BCUT2D eigenvalue weighted by molar-refractivity contribution is 0.788. The Hall–Kier alpha value is 1.40. The van der Waals surface area contributed by atoms with Crippen molar-refractivity contribution in [1.29, 1.82) is 0 Å². The van der Waals surface area contributed by atoms with Crippen LogP contribution in [-0.2, 0) is 0 Å². The van der Waals surface area contributed by atoms with Gasteiger partial charge in [-0.15, -0.1) is 0 Å². The van der Waals surface area contributed by atoms with Crippen LogP contribution >= 0.6 is 41.2 Å². The summed E-state index contributed by atoms with van der Waals surface area (Å²) in [5.41, 5.74) is 0. The highest BCUT2D eigenvalue weighted by atomic mass is 33.7. The average Bonchev–Trinajstić information content (AvgIpc) is 2.00. The first-order valence-electron chi connectivity index (χ1n) is 3.08. The molecule has 4 heteroatoms. The van der Waals surface area contributed by atoms with Gasteiger partial charge in [0.05, 0.1) is 0 Å². The van der Waals surface area contributed by atoms with Gasteiger partial charge in [-0.1, -0.05) is 28.0 Å². The minimum absolute atomic E-state index is 1.35.